The molecule has 0 unspecified atom stereocenters. The Morgan fingerprint density at radius 1 is 1.54 bits per heavy atom. The molecule has 0 aromatic carbocycles. The van der Waals surface area contributed by atoms with Crippen LogP contribution in [0.15, 0.2) is 24.9 Å². The Kier molecular flexibility index (Phi) is 1.66. The highest BCUT2D eigenvalue weighted by atomic mass is 14.7. The molecule has 0 aliphatic heterocycles. The fraction of sp³-hybridized carbons (Fsp3) is 0.273. The lowest BCUT2D eigenvalue weighted by Crippen LogP contribution is -2.02. The molecule has 1 aromatic rings. The highest BCUT2D eigenvalue weighted by Crippen LogP contribution is 2.47. The van der Waals surface area contributed by atoms with Crippen molar-refractivity contribution in [3.8, 4) is 6.07 Å². The fourth-order valence-corrected chi connectivity index (χ4v) is 1.40. The van der Waals surface area contributed by atoms with Gasteiger partial charge in [-0.15, -0.1) is 0 Å². The lowest BCUT2D eigenvalue weighted by Gasteiger charge is -2.04. The second-order valence-electron chi connectivity index (χ2n) is 3.37. The lowest BCUT2D eigenvalue weighted by atomic mass is 10.00. The highest BCUT2D eigenvalue weighted by molar-refractivity contribution is 5.44. The zero-order valence-electron chi connectivity index (χ0n) is 7.33. The van der Waals surface area contributed by atoms with Crippen LogP contribution in [0.2, 0.25) is 0 Å². The predicted octanol–water partition coefficient (Wildman–Crippen LogP) is 2.28. The number of aromatic nitrogens is 1. The SMILES string of the molecule is C=Cc1ccc(C2(C#N)CC2)cn1. The molecule has 0 bridgehead atoms. The largest absolute Gasteiger partial charge is 0.257 e. The zero-order chi connectivity index (χ0) is 9.31. The number of rotatable bonds is 2. The van der Waals surface area contributed by atoms with E-state index in [1.54, 1.807) is 12.3 Å². The molecule has 1 aliphatic carbocycles. The van der Waals surface area contributed by atoms with Crippen LogP contribution >= 0.6 is 0 Å². The van der Waals surface area contributed by atoms with E-state index in [0.29, 0.717) is 0 Å². The maximum absolute atomic E-state index is 8.94. The topological polar surface area (TPSA) is 36.7 Å². The predicted molar refractivity (Wildman–Crippen MR) is 50.9 cm³/mol. The molecule has 13 heavy (non-hydrogen) atoms. The van der Waals surface area contributed by atoms with Crippen LogP contribution in [0.1, 0.15) is 24.1 Å². The number of hydrogen-bond acceptors (Lipinski definition) is 2. The summed E-state index contributed by atoms with van der Waals surface area (Å²) in [7, 11) is 0. The van der Waals surface area contributed by atoms with Crippen LogP contribution in [0.25, 0.3) is 6.08 Å². The van der Waals surface area contributed by atoms with Crippen LogP contribution in [0, 0.1) is 11.3 Å². The van der Waals surface area contributed by atoms with Crippen molar-refractivity contribution in [2.75, 3.05) is 0 Å². The van der Waals surface area contributed by atoms with E-state index in [1.807, 2.05) is 12.1 Å². The Morgan fingerprint density at radius 3 is 2.69 bits per heavy atom. The molecular formula is C11H10N2. The van der Waals surface area contributed by atoms with Gasteiger partial charge >= 0.3 is 0 Å². The van der Waals surface area contributed by atoms with E-state index in [-0.39, 0.29) is 5.41 Å². The van der Waals surface area contributed by atoms with Gasteiger partial charge in [0.25, 0.3) is 0 Å². The summed E-state index contributed by atoms with van der Waals surface area (Å²) in [5.74, 6) is 0. The van der Waals surface area contributed by atoms with Crippen molar-refractivity contribution in [2.45, 2.75) is 18.3 Å². The molecule has 0 spiro atoms. The Hall–Kier alpha value is -1.62. The van der Waals surface area contributed by atoms with Crippen molar-refractivity contribution in [1.29, 1.82) is 5.26 Å². The molecule has 1 aromatic heterocycles. The Bertz CT molecular complexity index is 366. The summed E-state index contributed by atoms with van der Waals surface area (Å²) >= 11 is 0. The molecule has 1 heterocycles. The minimum atomic E-state index is -0.216. The van der Waals surface area contributed by atoms with Gasteiger partial charge in [0.1, 0.15) is 0 Å². The molecule has 1 fully saturated rings. The Labute approximate surface area is 77.5 Å². The first-order valence-electron chi connectivity index (χ1n) is 4.31. The van der Waals surface area contributed by atoms with Crippen LogP contribution in [0.4, 0.5) is 0 Å². The summed E-state index contributed by atoms with van der Waals surface area (Å²) < 4.78 is 0. The first kappa shape index (κ1) is 8.00. The third-order valence-corrected chi connectivity index (χ3v) is 2.51. The number of pyridine rings is 1. The maximum atomic E-state index is 8.94. The minimum absolute atomic E-state index is 0.216. The average Bonchev–Trinajstić information content (AvgIpc) is 2.99. The van der Waals surface area contributed by atoms with Crippen molar-refractivity contribution < 1.29 is 0 Å². The van der Waals surface area contributed by atoms with Crippen molar-refractivity contribution in [1.82, 2.24) is 4.98 Å². The van der Waals surface area contributed by atoms with E-state index in [9.17, 15) is 0 Å². The molecule has 0 saturated heterocycles. The number of nitrogens with zero attached hydrogens (tertiary/aromatic N) is 2. The summed E-state index contributed by atoms with van der Waals surface area (Å²) in [5, 5.41) is 8.94. The van der Waals surface area contributed by atoms with Crippen molar-refractivity contribution in [3.05, 3.63) is 36.2 Å². The first-order chi connectivity index (χ1) is 6.30. The van der Waals surface area contributed by atoms with E-state index in [4.69, 9.17) is 5.26 Å². The van der Waals surface area contributed by atoms with Crippen LogP contribution in [-0.2, 0) is 5.41 Å². The van der Waals surface area contributed by atoms with Gasteiger partial charge in [0, 0.05) is 6.20 Å². The summed E-state index contributed by atoms with van der Waals surface area (Å²) in [4.78, 5) is 4.18. The second-order valence-corrected chi connectivity index (χ2v) is 3.37. The molecule has 1 saturated carbocycles. The van der Waals surface area contributed by atoms with Crippen LogP contribution in [0.3, 0.4) is 0 Å². The van der Waals surface area contributed by atoms with Gasteiger partial charge in [-0.25, -0.2) is 0 Å². The summed E-state index contributed by atoms with van der Waals surface area (Å²) in [6.45, 7) is 3.63. The second kappa shape index (κ2) is 2.70. The van der Waals surface area contributed by atoms with Gasteiger partial charge in [-0.3, -0.25) is 4.98 Å². The highest BCUT2D eigenvalue weighted by Gasteiger charge is 2.44. The molecule has 0 radical (unpaired) electrons. The fourth-order valence-electron chi connectivity index (χ4n) is 1.40. The van der Waals surface area contributed by atoms with E-state index in [1.165, 1.54) is 0 Å². The van der Waals surface area contributed by atoms with E-state index >= 15 is 0 Å². The number of hydrogen-bond donors (Lipinski definition) is 0. The van der Waals surface area contributed by atoms with Gasteiger partial charge in [0.2, 0.25) is 0 Å². The molecule has 2 rings (SSSR count). The summed E-state index contributed by atoms with van der Waals surface area (Å²) in [6, 6.07) is 6.22. The summed E-state index contributed by atoms with van der Waals surface area (Å²) in [5.41, 5.74) is 1.69. The van der Waals surface area contributed by atoms with Gasteiger partial charge in [-0.2, -0.15) is 5.26 Å². The van der Waals surface area contributed by atoms with Crippen LogP contribution in [-0.4, -0.2) is 4.98 Å². The molecule has 1 aliphatic rings. The van der Waals surface area contributed by atoms with Gasteiger partial charge in [0.05, 0.1) is 17.2 Å². The molecular weight excluding hydrogens is 160 g/mol. The molecule has 0 N–H and O–H groups in total. The van der Waals surface area contributed by atoms with Crippen LogP contribution in [0.5, 0.6) is 0 Å². The monoisotopic (exact) mass is 170 g/mol. The van der Waals surface area contributed by atoms with Gasteiger partial charge < -0.3 is 0 Å². The molecule has 0 atom stereocenters. The van der Waals surface area contributed by atoms with Crippen LogP contribution < -0.4 is 0 Å². The molecule has 2 heteroatoms. The normalized spacial score (nSPS) is 17.5. The van der Waals surface area contributed by atoms with Gasteiger partial charge in [0.15, 0.2) is 0 Å². The smallest absolute Gasteiger partial charge is 0.0838 e. The van der Waals surface area contributed by atoms with Crippen molar-refractivity contribution in [3.63, 3.8) is 0 Å². The first-order valence-corrected chi connectivity index (χ1v) is 4.31. The standard InChI is InChI=1S/C11H10N2/c1-2-10-4-3-9(7-13-10)11(8-12)5-6-11/h2-4,7H,1,5-6H2. The quantitative estimate of drug-likeness (QED) is 0.682. The maximum Gasteiger partial charge on any atom is 0.0838 e. The third-order valence-electron chi connectivity index (χ3n) is 2.51. The average molecular weight is 170 g/mol. The van der Waals surface area contributed by atoms with E-state index < -0.39 is 0 Å². The summed E-state index contributed by atoms with van der Waals surface area (Å²) in [6.07, 6.45) is 5.43. The lowest BCUT2D eigenvalue weighted by molar-refractivity contribution is 0.896. The Balaban J connectivity index is 2.34. The van der Waals surface area contributed by atoms with E-state index in [2.05, 4.69) is 17.6 Å². The molecule has 2 nitrogen and oxygen atoms in total. The van der Waals surface area contributed by atoms with Gasteiger partial charge in [-0.05, 0) is 30.5 Å². The Morgan fingerprint density at radius 2 is 2.31 bits per heavy atom. The van der Waals surface area contributed by atoms with Gasteiger partial charge in [-0.1, -0.05) is 12.6 Å². The molecule has 0 amide bonds. The van der Waals surface area contributed by atoms with E-state index in [0.717, 1.165) is 24.1 Å². The number of nitriles is 1. The zero-order valence-corrected chi connectivity index (χ0v) is 7.33. The molecule has 64 valence electrons. The minimum Gasteiger partial charge on any atom is -0.257 e. The third kappa shape index (κ3) is 1.23. The van der Waals surface area contributed by atoms with Crippen molar-refractivity contribution in [2.24, 2.45) is 0 Å². The van der Waals surface area contributed by atoms with Crippen molar-refractivity contribution >= 4 is 6.08 Å².